The number of nitrogens with one attached hydrogen (secondary N) is 1. The van der Waals surface area contributed by atoms with E-state index in [4.69, 9.17) is 0 Å². The smallest absolute Gasteiger partial charge is 0.126 e. The molecule has 1 atom stereocenters. The van der Waals surface area contributed by atoms with E-state index >= 15 is 0 Å². The molecule has 1 aromatic rings. The minimum absolute atomic E-state index is 0.112. The topological polar surface area (TPSA) is 12.0 Å². The highest BCUT2D eigenvalue weighted by Gasteiger charge is 2.12. The van der Waals surface area contributed by atoms with Crippen molar-refractivity contribution in [1.29, 1.82) is 0 Å². The number of hydrogen-bond donors (Lipinski definition) is 1. The van der Waals surface area contributed by atoms with Crippen LogP contribution in [0.5, 0.6) is 0 Å². The molecule has 0 aliphatic carbocycles. The van der Waals surface area contributed by atoms with Crippen LogP contribution < -0.4 is 5.32 Å². The summed E-state index contributed by atoms with van der Waals surface area (Å²) < 4.78 is 13.4. The lowest BCUT2D eigenvalue weighted by atomic mass is 9.95. The van der Waals surface area contributed by atoms with Gasteiger partial charge in [0.15, 0.2) is 0 Å². The Morgan fingerprint density at radius 1 is 1.24 bits per heavy atom. The summed E-state index contributed by atoms with van der Waals surface area (Å²) in [7, 11) is 0. The van der Waals surface area contributed by atoms with Gasteiger partial charge in [-0.25, -0.2) is 4.39 Å². The lowest BCUT2D eigenvalue weighted by Gasteiger charge is -2.22. The first-order valence-electron chi connectivity index (χ1n) is 6.56. The molecule has 2 heteroatoms. The maximum Gasteiger partial charge on any atom is 0.126 e. The summed E-state index contributed by atoms with van der Waals surface area (Å²) in [5, 5.41) is 3.48. The van der Waals surface area contributed by atoms with Gasteiger partial charge >= 0.3 is 0 Å². The fourth-order valence-electron chi connectivity index (χ4n) is 2.19. The number of rotatable bonds is 6. The molecule has 0 fully saturated rings. The second-order valence-electron chi connectivity index (χ2n) is 4.83. The summed E-state index contributed by atoms with van der Waals surface area (Å²) in [5.74, 6) is 0.588. The van der Waals surface area contributed by atoms with Crippen LogP contribution in [-0.4, -0.2) is 6.04 Å². The lowest BCUT2D eigenvalue weighted by Crippen LogP contribution is -2.32. The van der Waals surface area contributed by atoms with Gasteiger partial charge in [0.2, 0.25) is 0 Å². The Hall–Kier alpha value is -0.890. The molecule has 1 unspecified atom stereocenters. The number of halogens is 1. The molecular weight excluding hydrogens is 213 g/mol. The average molecular weight is 237 g/mol. The third-order valence-corrected chi connectivity index (χ3v) is 3.62. The molecule has 0 saturated carbocycles. The van der Waals surface area contributed by atoms with E-state index in [0.717, 1.165) is 12.1 Å². The predicted octanol–water partition coefficient (Wildman–Crippen LogP) is 4.05. The van der Waals surface area contributed by atoms with Crippen LogP contribution in [0.4, 0.5) is 4.39 Å². The summed E-state index contributed by atoms with van der Waals surface area (Å²) in [6, 6.07) is 5.94. The van der Waals surface area contributed by atoms with Crippen LogP contribution in [-0.2, 0) is 6.54 Å². The van der Waals surface area contributed by atoms with Gasteiger partial charge in [0, 0.05) is 12.6 Å². The van der Waals surface area contributed by atoms with Crippen LogP contribution in [0.3, 0.4) is 0 Å². The van der Waals surface area contributed by atoms with Gasteiger partial charge in [0.05, 0.1) is 0 Å². The third kappa shape index (κ3) is 4.12. The largest absolute Gasteiger partial charge is 0.310 e. The van der Waals surface area contributed by atoms with Gasteiger partial charge < -0.3 is 5.32 Å². The summed E-state index contributed by atoms with van der Waals surface area (Å²) in [6.07, 6.45) is 2.37. The molecule has 0 aromatic heterocycles. The molecular formula is C15H24FN. The molecule has 96 valence electrons. The Balaban J connectivity index is 2.52. The Kier molecular flexibility index (Phi) is 5.63. The quantitative estimate of drug-likeness (QED) is 0.787. The van der Waals surface area contributed by atoms with E-state index in [2.05, 4.69) is 26.1 Å². The first-order chi connectivity index (χ1) is 8.08. The third-order valence-electron chi connectivity index (χ3n) is 3.62. The van der Waals surface area contributed by atoms with Crippen molar-refractivity contribution < 1.29 is 4.39 Å². The second-order valence-corrected chi connectivity index (χ2v) is 4.83. The van der Waals surface area contributed by atoms with E-state index in [0.29, 0.717) is 17.5 Å². The Morgan fingerprint density at radius 3 is 2.41 bits per heavy atom. The minimum atomic E-state index is -0.112. The zero-order valence-electron chi connectivity index (χ0n) is 11.4. The molecule has 1 rings (SSSR count). The van der Waals surface area contributed by atoms with Gasteiger partial charge in [0.1, 0.15) is 5.82 Å². The van der Waals surface area contributed by atoms with Crippen molar-refractivity contribution in [3.05, 3.63) is 35.1 Å². The van der Waals surface area contributed by atoms with Crippen molar-refractivity contribution in [1.82, 2.24) is 5.32 Å². The summed E-state index contributed by atoms with van der Waals surface area (Å²) in [6.45, 7) is 9.19. The zero-order chi connectivity index (χ0) is 12.8. The van der Waals surface area contributed by atoms with Crippen LogP contribution in [0.25, 0.3) is 0 Å². The van der Waals surface area contributed by atoms with Gasteiger partial charge in [-0.1, -0.05) is 38.8 Å². The molecule has 17 heavy (non-hydrogen) atoms. The fourth-order valence-corrected chi connectivity index (χ4v) is 2.19. The second kappa shape index (κ2) is 6.75. The van der Waals surface area contributed by atoms with Crippen molar-refractivity contribution >= 4 is 0 Å². The standard InChI is InChI=1S/C15H24FN/c1-5-14(6-2)12(4)17-10-13-8-7-11(3)15(16)9-13/h7-9,12,14,17H,5-6,10H2,1-4H3. The van der Waals surface area contributed by atoms with E-state index < -0.39 is 0 Å². The van der Waals surface area contributed by atoms with Crippen LogP contribution in [0, 0.1) is 18.7 Å². The molecule has 1 N–H and O–H groups in total. The maximum absolute atomic E-state index is 13.4. The molecule has 0 saturated heterocycles. The number of hydrogen-bond acceptors (Lipinski definition) is 1. The monoisotopic (exact) mass is 237 g/mol. The van der Waals surface area contributed by atoms with Crippen molar-refractivity contribution in [3.8, 4) is 0 Å². The summed E-state index contributed by atoms with van der Waals surface area (Å²) in [4.78, 5) is 0. The van der Waals surface area contributed by atoms with Crippen LogP contribution in [0.1, 0.15) is 44.7 Å². The SMILES string of the molecule is CCC(CC)C(C)NCc1ccc(C)c(F)c1. The van der Waals surface area contributed by atoms with Gasteiger partial charge in [-0.3, -0.25) is 0 Å². The van der Waals surface area contributed by atoms with Crippen molar-refractivity contribution in [2.45, 2.75) is 53.1 Å². The number of benzene rings is 1. The van der Waals surface area contributed by atoms with Gasteiger partial charge in [-0.15, -0.1) is 0 Å². The number of aryl methyl sites for hydroxylation is 1. The van der Waals surface area contributed by atoms with E-state index in [1.54, 1.807) is 13.0 Å². The van der Waals surface area contributed by atoms with Crippen LogP contribution >= 0.6 is 0 Å². The zero-order valence-corrected chi connectivity index (χ0v) is 11.4. The first kappa shape index (κ1) is 14.2. The minimum Gasteiger partial charge on any atom is -0.310 e. The van der Waals surface area contributed by atoms with Gasteiger partial charge in [0.25, 0.3) is 0 Å². The van der Waals surface area contributed by atoms with Gasteiger partial charge in [-0.05, 0) is 37.0 Å². The Morgan fingerprint density at radius 2 is 1.88 bits per heavy atom. The highest BCUT2D eigenvalue weighted by Crippen LogP contribution is 2.14. The fraction of sp³-hybridized carbons (Fsp3) is 0.600. The molecule has 0 radical (unpaired) electrons. The van der Waals surface area contributed by atoms with E-state index in [-0.39, 0.29) is 5.82 Å². The molecule has 0 spiro atoms. The van der Waals surface area contributed by atoms with Crippen molar-refractivity contribution in [2.75, 3.05) is 0 Å². The summed E-state index contributed by atoms with van der Waals surface area (Å²) in [5.41, 5.74) is 1.73. The molecule has 0 amide bonds. The van der Waals surface area contributed by atoms with E-state index in [9.17, 15) is 4.39 Å². The molecule has 1 aromatic carbocycles. The van der Waals surface area contributed by atoms with Crippen LogP contribution in [0.2, 0.25) is 0 Å². The molecule has 1 nitrogen and oxygen atoms in total. The van der Waals surface area contributed by atoms with Crippen molar-refractivity contribution in [3.63, 3.8) is 0 Å². The Bertz CT molecular complexity index is 345. The molecule has 0 aliphatic heterocycles. The lowest BCUT2D eigenvalue weighted by molar-refractivity contribution is 0.353. The van der Waals surface area contributed by atoms with Crippen LogP contribution in [0.15, 0.2) is 18.2 Å². The van der Waals surface area contributed by atoms with Crippen molar-refractivity contribution in [2.24, 2.45) is 5.92 Å². The first-order valence-corrected chi connectivity index (χ1v) is 6.56. The highest BCUT2D eigenvalue weighted by atomic mass is 19.1. The average Bonchev–Trinajstić information content (AvgIpc) is 2.32. The highest BCUT2D eigenvalue weighted by molar-refractivity contribution is 5.23. The molecule has 0 heterocycles. The summed E-state index contributed by atoms with van der Waals surface area (Å²) >= 11 is 0. The van der Waals surface area contributed by atoms with E-state index in [1.807, 2.05) is 12.1 Å². The molecule has 0 aliphatic rings. The molecule has 0 bridgehead atoms. The van der Waals surface area contributed by atoms with Gasteiger partial charge in [-0.2, -0.15) is 0 Å². The maximum atomic E-state index is 13.4. The Labute approximate surface area is 104 Å². The normalized spacial score (nSPS) is 13.1. The predicted molar refractivity (Wildman–Crippen MR) is 71.5 cm³/mol. The van der Waals surface area contributed by atoms with E-state index in [1.165, 1.54) is 12.8 Å².